The van der Waals surface area contributed by atoms with Gasteiger partial charge in [0.2, 0.25) is 0 Å². The highest BCUT2D eigenvalue weighted by Gasteiger charge is 2.24. The summed E-state index contributed by atoms with van der Waals surface area (Å²) in [5, 5.41) is 0. The fraction of sp³-hybridized carbons (Fsp3) is 0.909. The molecule has 1 rings (SSSR count). The third kappa shape index (κ3) is 3.29. The Morgan fingerprint density at radius 2 is 2.36 bits per heavy atom. The Labute approximate surface area is 86.4 Å². The average molecular weight is 199 g/mol. The monoisotopic (exact) mass is 199 g/mol. The first kappa shape index (κ1) is 11.5. The molecule has 0 amide bonds. The molecule has 14 heavy (non-hydrogen) atoms. The Bertz CT molecular complexity index is 194. The van der Waals surface area contributed by atoms with Crippen LogP contribution in [0.2, 0.25) is 0 Å². The zero-order valence-corrected chi connectivity index (χ0v) is 9.45. The quantitative estimate of drug-likeness (QED) is 0.645. The minimum atomic E-state index is -0.0699. The van der Waals surface area contributed by atoms with E-state index in [0.29, 0.717) is 19.1 Å². The van der Waals surface area contributed by atoms with E-state index in [2.05, 4.69) is 18.7 Å². The minimum Gasteiger partial charge on any atom is -0.466 e. The van der Waals surface area contributed by atoms with E-state index >= 15 is 0 Å². The molecule has 1 saturated heterocycles. The predicted molar refractivity (Wildman–Crippen MR) is 56.1 cm³/mol. The van der Waals surface area contributed by atoms with Gasteiger partial charge in [-0.15, -0.1) is 0 Å². The predicted octanol–water partition coefficient (Wildman–Crippen LogP) is 1.67. The molecule has 1 aliphatic rings. The standard InChI is InChI=1S/C11H21NO2/c1-4-14-11(13)7-10(3)12-6-5-9(2)8-12/h9-10H,4-8H2,1-3H3. The summed E-state index contributed by atoms with van der Waals surface area (Å²) in [4.78, 5) is 13.6. The number of hydrogen-bond acceptors (Lipinski definition) is 3. The van der Waals surface area contributed by atoms with Gasteiger partial charge in [0, 0.05) is 12.6 Å². The maximum Gasteiger partial charge on any atom is 0.307 e. The van der Waals surface area contributed by atoms with Crippen LogP contribution in [0.3, 0.4) is 0 Å². The van der Waals surface area contributed by atoms with Gasteiger partial charge in [-0.05, 0) is 32.7 Å². The highest BCUT2D eigenvalue weighted by molar-refractivity contribution is 5.70. The molecule has 3 heteroatoms. The molecule has 0 bridgehead atoms. The SMILES string of the molecule is CCOC(=O)CC(C)N1CCC(C)C1. The molecule has 2 atom stereocenters. The molecule has 0 aromatic carbocycles. The fourth-order valence-electron chi connectivity index (χ4n) is 1.96. The normalized spacial score (nSPS) is 24.9. The van der Waals surface area contributed by atoms with Crippen molar-refractivity contribution in [3.63, 3.8) is 0 Å². The van der Waals surface area contributed by atoms with Crippen LogP contribution in [0.5, 0.6) is 0 Å². The average Bonchev–Trinajstić information content (AvgIpc) is 2.52. The van der Waals surface area contributed by atoms with Gasteiger partial charge in [0.15, 0.2) is 0 Å². The van der Waals surface area contributed by atoms with E-state index in [1.54, 1.807) is 0 Å². The molecule has 1 heterocycles. The van der Waals surface area contributed by atoms with Gasteiger partial charge >= 0.3 is 5.97 Å². The van der Waals surface area contributed by atoms with Crippen LogP contribution in [0.15, 0.2) is 0 Å². The van der Waals surface area contributed by atoms with Gasteiger partial charge < -0.3 is 4.74 Å². The maximum absolute atomic E-state index is 11.2. The summed E-state index contributed by atoms with van der Waals surface area (Å²) >= 11 is 0. The van der Waals surface area contributed by atoms with Crippen molar-refractivity contribution in [3.05, 3.63) is 0 Å². The number of hydrogen-bond donors (Lipinski definition) is 0. The zero-order valence-electron chi connectivity index (χ0n) is 9.45. The van der Waals surface area contributed by atoms with E-state index in [9.17, 15) is 4.79 Å². The lowest BCUT2D eigenvalue weighted by atomic mass is 10.2. The number of ether oxygens (including phenoxy) is 1. The maximum atomic E-state index is 11.2. The van der Waals surface area contributed by atoms with E-state index in [4.69, 9.17) is 4.74 Å². The molecular weight excluding hydrogens is 178 g/mol. The molecule has 0 aromatic heterocycles. The first-order chi connectivity index (χ1) is 6.63. The second-order valence-electron chi connectivity index (χ2n) is 4.25. The summed E-state index contributed by atoms with van der Waals surface area (Å²) in [6.07, 6.45) is 1.79. The number of nitrogens with zero attached hydrogens (tertiary/aromatic N) is 1. The van der Waals surface area contributed by atoms with E-state index in [-0.39, 0.29) is 5.97 Å². The molecule has 0 saturated carbocycles. The Hall–Kier alpha value is -0.570. The Balaban J connectivity index is 2.27. The van der Waals surface area contributed by atoms with Crippen LogP contribution in [-0.2, 0) is 9.53 Å². The van der Waals surface area contributed by atoms with Crippen molar-refractivity contribution in [2.75, 3.05) is 19.7 Å². The molecule has 3 nitrogen and oxygen atoms in total. The summed E-state index contributed by atoms with van der Waals surface area (Å²) in [7, 11) is 0. The van der Waals surface area contributed by atoms with Crippen LogP contribution in [0.1, 0.15) is 33.6 Å². The lowest BCUT2D eigenvalue weighted by Crippen LogP contribution is -2.33. The van der Waals surface area contributed by atoms with Crippen molar-refractivity contribution >= 4 is 5.97 Å². The second kappa shape index (κ2) is 5.35. The highest BCUT2D eigenvalue weighted by atomic mass is 16.5. The van der Waals surface area contributed by atoms with E-state index in [1.165, 1.54) is 6.42 Å². The van der Waals surface area contributed by atoms with Crippen LogP contribution in [0, 0.1) is 5.92 Å². The molecule has 0 aromatic rings. The first-order valence-electron chi connectivity index (χ1n) is 5.53. The van der Waals surface area contributed by atoms with Gasteiger partial charge in [0.05, 0.1) is 13.0 Å². The van der Waals surface area contributed by atoms with Crippen molar-refractivity contribution in [2.24, 2.45) is 5.92 Å². The lowest BCUT2D eigenvalue weighted by molar-refractivity contribution is -0.144. The molecular formula is C11H21NO2. The van der Waals surface area contributed by atoms with E-state index in [0.717, 1.165) is 19.0 Å². The molecule has 0 aliphatic carbocycles. The van der Waals surface area contributed by atoms with Crippen molar-refractivity contribution < 1.29 is 9.53 Å². The van der Waals surface area contributed by atoms with Crippen LogP contribution < -0.4 is 0 Å². The molecule has 2 unspecified atom stereocenters. The molecule has 1 fully saturated rings. The summed E-state index contributed by atoms with van der Waals surface area (Å²) in [6.45, 7) is 8.96. The van der Waals surface area contributed by atoms with Crippen molar-refractivity contribution in [2.45, 2.75) is 39.7 Å². The Kier molecular flexibility index (Phi) is 4.39. The van der Waals surface area contributed by atoms with Crippen LogP contribution >= 0.6 is 0 Å². The molecule has 0 radical (unpaired) electrons. The lowest BCUT2D eigenvalue weighted by Gasteiger charge is -2.23. The Morgan fingerprint density at radius 1 is 1.64 bits per heavy atom. The van der Waals surface area contributed by atoms with Gasteiger partial charge in [-0.25, -0.2) is 0 Å². The molecule has 1 aliphatic heterocycles. The zero-order chi connectivity index (χ0) is 10.6. The first-order valence-corrected chi connectivity index (χ1v) is 5.53. The Morgan fingerprint density at radius 3 is 2.86 bits per heavy atom. The summed E-state index contributed by atoms with van der Waals surface area (Å²) in [5.74, 6) is 0.708. The topological polar surface area (TPSA) is 29.5 Å². The minimum absolute atomic E-state index is 0.0699. The van der Waals surface area contributed by atoms with Crippen molar-refractivity contribution in [1.29, 1.82) is 0 Å². The molecule has 0 spiro atoms. The smallest absolute Gasteiger partial charge is 0.307 e. The largest absolute Gasteiger partial charge is 0.466 e. The van der Waals surface area contributed by atoms with E-state index < -0.39 is 0 Å². The van der Waals surface area contributed by atoms with Gasteiger partial charge in [0.1, 0.15) is 0 Å². The fourth-order valence-corrected chi connectivity index (χ4v) is 1.96. The van der Waals surface area contributed by atoms with Gasteiger partial charge in [-0.2, -0.15) is 0 Å². The number of esters is 1. The van der Waals surface area contributed by atoms with Crippen molar-refractivity contribution in [3.8, 4) is 0 Å². The third-order valence-electron chi connectivity index (χ3n) is 2.85. The summed E-state index contributed by atoms with van der Waals surface area (Å²) < 4.78 is 4.93. The van der Waals surface area contributed by atoms with Crippen molar-refractivity contribution in [1.82, 2.24) is 4.90 Å². The van der Waals surface area contributed by atoms with Crippen LogP contribution in [-0.4, -0.2) is 36.6 Å². The van der Waals surface area contributed by atoms with Gasteiger partial charge in [-0.3, -0.25) is 9.69 Å². The molecule has 82 valence electrons. The number of rotatable bonds is 4. The van der Waals surface area contributed by atoms with Crippen LogP contribution in [0.4, 0.5) is 0 Å². The third-order valence-corrected chi connectivity index (χ3v) is 2.85. The highest BCUT2D eigenvalue weighted by Crippen LogP contribution is 2.19. The summed E-state index contributed by atoms with van der Waals surface area (Å²) in [5.41, 5.74) is 0. The molecule has 0 N–H and O–H groups in total. The number of carbonyl (C=O) groups excluding carboxylic acids is 1. The summed E-state index contributed by atoms with van der Waals surface area (Å²) in [6, 6.07) is 0.332. The number of likely N-dealkylation sites (tertiary alicyclic amines) is 1. The second-order valence-corrected chi connectivity index (χ2v) is 4.25. The van der Waals surface area contributed by atoms with Gasteiger partial charge in [-0.1, -0.05) is 6.92 Å². The number of carbonyl (C=O) groups is 1. The van der Waals surface area contributed by atoms with Gasteiger partial charge in [0.25, 0.3) is 0 Å². The van der Waals surface area contributed by atoms with E-state index in [1.807, 2.05) is 6.92 Å². The van der Waals surface area contributed by atoms with Crippen LogP contribution in [0.25, 0.3) is 0 Å².